The topological polar surface area (TPSA) is 38.0 Å². The minimum atomic E-state index is 0.885. The van der Waals surface area contributed by atoms with Crippen molar-refractivity contribution in [2.24, 2.45) is 5.73 Å². The van der Waals surface area contributed by atoms with Crippen LogP contribution in [0.25, 0.3) is 0 Å². The van der Waals surface area contributed by atoms with Crippen molar-refractivity contribution in [3.05, 3.63) is 36.1 Å². The summed E-state index contributed by atoms with van der Waals surface area (Å²) in [6, 6.07) is 0. The maximum Gasteiger partial charge on any atom is 0.0222 e. The Hall–Kier alpha value is -1.02. The van der Waals surface area contributed by atoms with E-state index in [0.29, 0.717) is 0 Å². The summed E-state index contributed by atoms with van der Waals surface area (Å²) in [7, 11) is 0. The van der Waals surface area contributed by atoms with E-state index in [9.17, 15) is 0 Å². The van der Waals surface area contributed by atoms with Gasteiger partial charge in [0.05, 0.1) is 0 Å². The molecule has 1 aliphatic rings. The van der Waals surface area contributed by atoms with E-state index >= 15 is 0 Å². The van der Waals surface area contributed by atoms with E-state index in [0.717, 1.165) is 25.2 Å². The van der Waals surface area contributed by atoms with E-state index < -0.39 is 0 Å². The largest absolute Gasteiger partial charge is 0.402 e. The molecule has 0 fully saturated rings. The molecule has 0 unspecified atom stereocenters. The molecular weight excluding hydrogens is 136 g/mol. The molecule has 0 spiro atoms. The first-order valence-electron chi connectivity index (χ1n) is 3.82. The van der Waals surface area contributed by atoms with Crippen LogP contribution in [0.4, 0.5) is 0 Å². The number of hydrogen-bond acceptors (Lipinski definition) is 2. The van der Waals surface area contributed by atoms with Gasteiger partial charge in [0, 0.05) is 18.8 Å². The fraction of sp³-hybridized carbons (Fsp3) is 0.333. The van der Waals surface area contributed by atoms with Crippen LogP contribution in [0.15, 0.2) is 36.1 Å². The van der Waals surface area contributed by atoms with Crippen LogP contribution in [-0.2, 0) is 0 Å². The van der Waals surface area contributed by atoms with Gasteiger partial charge in [-0.05, 0) is 12.0 Å². The van der Waals surface area contributed by atoms with Crippen molar-refractivity contribution in [1.82, 2.24) is 5.32 Å². The monoisotopic (exact) mass is 150 g/mol. The average Bonchev–Trinajstić information content (AvgIpc) is 2.03. The number of nitrogens with two attached hydrogens (primary N) is 1. The summed E-state index contributed by atoms with van der Waals surface area (Å²) in [6.45, 7) is 5.48. The Kier molecular flexibility index (Phi) is 2.93. The van der Waals surface area contributed by atoms with E-state index in [1.165, 1.54) is 5.57 Å². The fourth-order valence-corrected chi connectivity index (χ4v) is 1.07. The van der Waals surface area contributed by atoms with Crippen LogP contribution in [0.5, 0.6) is 0 Å². The SMILES string of the molecule is C=C/C=C\C1=C(N)CCNC1. The Morgan fingerprint density at radius 1 is 1.55 bits per heavy atom. The third-order valence-corrected chi connectivity index (χ3v) is 1.73. The minimum absolute atomic E-state index is 0.885. The molecule has 0 bridgehead atoms. The summed E-state index contributed by atoms with van der Waals surface area (Å²) in [4.78, 5) is 0. The van der Waals surface area contributed by atoms with Crippen LogP contribution >= 0.6 is 0 Å². The molecule has 1 aliphatic heterocycles. The maximum absolute atomic E-state index is 5.77. The number of allylic oxidation sites excluding steroid dienone is 2. The van der Waals surface area contributed by atoms with Crippen molar-refractivity contribution >= 4 is 0 Å². The molecule has 0 aliphatic carbocycles. The van der Waals surface area contributed by atoms with E-state index in [2.05, 4.69) is 11.9 Å². The lowest BCUT2D eigenvalue weighted by Gasteiger charge is -2.15. The summed E-state index contributed by atoms with van der Waals surface area (Å²) in [5.74, 6) is 0. The predicted octanol–water partition coefficient (Wildman–Crippen LogP) is 0.935. The molecule has 0 atom stereocenters. The molecule has 0 radical (unpaired) electrons. The number of rotatable bonds is 2. The van der Waals surface area contributed by atoms with Gasteiger partial charge in [0.15, 0.2) is 0 Å². The zero-order valence-corrected chi connectivity index (χ0v) is 6.64. The summed E-state index contributed by atoms with van der Waals surface area (Å²) in [5.41, 5.74) is 7.97. The molecule has 0 saturated carbocycles. The van der Waals surface area contributed by atoms with Crippen molar-refractivity contribution in [2.45, 2.75) is 6.42 Å². The zero-order chi connectivity index (χ0) is 8.10. The second-order valence-electron chi connectivity index (χ2n) is 2.57. The summed E-state index contributed by atoms with van der Waals surface area (Å²) in [5, 5.41) is 3.25. The van der Waals surface area contributed by atoms with Crippen LogP contribution in [0.1, 0.15) is 6.42 Å². The van der Waals surface area contributed by atoms with Crippen molar-refractivity contribution in [1.29, 1.82) is 0 Å². The van der Waals surface area contributed by atoms with Gasteiger partial charge >= 0.3 is 0 Å². The van der Waals surface area contributed by atoms with Gasteiger partial charge in [-0.1, -0.05) is 24.8 Å². The molecule has 60 valence electrons. The zero-order valence-electron chi connectivity index (χ0n) is 6.64. The molecule has 0 amide bonds. The molecule has 0 aromatic heterocycles. The average molecular weight is 150 g/mol. The summed E-state index contributed by atoms with van der Waals surface area (Å²) < 4.78 is 0. The number of nitrogens with one attached hydrogen (secondary N) is 1. The molecular formula is C9H14N2. The van der Waals surface area contributed by atoms with Gasteiger partial charge in [-0.15, -0.1) is 0 Å². The van der Waals surface area contributed by atoms with Gasteiger partial charge in [-0.2, -0.15) is 0 Å². The van der Waals surface area contributed by atoms with Gasteiger partial charge in [0.25, 0.3) is 0 Å². The first-order chi connectivity index (χ1) is 5.34. The molecule has 0 aromatic carbocycles. The second kappa shape index (κ2) is 3.98. The Morgan fingerprint density at radius 2 is 2.36 bits per heavy atom. The Morgan fingerprint density at radius 3 is 3.00 bits per heavy atom. The van der Waals surface area contributed by atoms with Gasteiger partial charge < -0.3 is 11.1 Å². The second-order valence-corrected chi connectivity index (χ2v) is 2.57. The van der Waals surface area contributed by atoms with Crippen molar-refractivity contribution < 1.29 is 0 Å². The molecule has 1 heterocycles. The van der Waals surface area contributed by atoms with Crippen molar-refractivity contribution in [3.8, 4) is 0 Å². The third-order valence-electron chi connectivity index (χ3n) is 1.73. The summed E-state index contributed by atoms with van der Waals surface area (Å²) >= 11 is 0. The fourth-order valence-electron chi connectivity index (χ4n) is 1.07. The van der Waals surface area contributed by atoms with Crippen LogP contribution < -0.4 is 11.1 Å². The van der Waals surface area contributed by atoms with Crippen LogP contribution in [0.3, 0.4) is 0 Å². The maximum atomic E-state index is 5.77. The van der Waals surface area contributed by atoms with Crippen LogP contribution in [0.2, 0.25) is 0 Å². The highest BCUT2D eigenvalue weighted by Crippen LogP contribution is 2.07. The first-order valence-corrected chi connectivity index (χ1v) is 3.82. The van der Waals surface area contributed by atoms with E-state index in [1.54, 1.807) is 6.08 Å². The first kappa shape index (κ1) is 8.08. The van der Waals surface area contributed by atoms with Crippen LogP contribution in [0, 0.1) is 0 Å². The normalized spacial score (nSPS) is 19.3. The van der Waals surface area contributed by atoms with Gasteiger partial charge in [0.2, 0.25) is 0 Å². The molecule has 2 heteroatoms. The summed E-state index contributed by atoms with van der Waals surface area (Å²) in [6.07, 6.45) is 6.63. The minimum Gasteiger partial charge on any atom is -0.402 e. The quantitative estimate of drug-likeness (QED) is 0.575. The third kappa shape index (κ3) is 2.24. The lowest BCUT2D eigenvalue weighted by molar-refractivity contribution is 0.681. The Balaban J connectivity index is 2.66. The molecule has 0 saturated heterocycles. The number of hydrogen-bond donors (Lipinski definition) is 2. The van der Waals surface area contributed by atoms with Crippen LogP contribution in [-0.4, -0.2) is 13.1 Å². The smallest absolute Gasteiger partial charge is 0.0222 e. The highest BCUT2D eigenvalue weighted by atomic mass is 14.9. The molecule has 11 heavy (non-hydrogen) atoms. The predicted molar refractivity (Wildman–Crippen MR) is 48.0 cm³/mol. The van der Waals surface area contributed by atoms with E-state index in [1.807, 2.05) is 12.2 Å². The van der Waals surface area contributed by atoms with E-state index in [-0.39, 0.29) is 0 Å². The lowest BCUT2D eigenvalue weighted by Crippen LogP contribution is -2.27. The lowest BCUT2D eigenvalue weighted by atomic mass is 10.1. The highest BCUT2D eigenvalue weighted by molar-refractivity contribution is 5.29. The molecule has 1 rings (SSSR count). The van der Waals surface area contributed by atoms with Crippen molar-refractivity contribution in [3.63, 3.8) is 0 Å². The molecule has 3 N–H and O–H groups in total. The Labute approximate surface area is 67.5 Å². The molecule has 0 aromatic rings. The van der Waals surface area contributed by atoms with E-state index in [4.69, 9.17) is 5.73 Å². The van der Waals surface area contributed by atoms with Gasteiger partial charge in [-0.25, -0.2) is 0 Å². The standard InChI is InChI=1S/C9H14N2/c1-2-3-4-8-7-11-6-5-9(8)10/h2-4,11H,1,5-7,10H2/b4-3-. The van der Waals surface area contributed by atoms with Crippen molar-refractivity contribution in [2.75, 3.05) is 13.1 Å². The Bertz CT molecular complexity index is 202. The van der Waals surface area contributed by atoms with Gasteiger partial charge in [0.1, 0.15) is 0 Å². The molecule has 2 nitrogen and oxygen atoms in total. The van der Waals surface area contributed by atoms with Gasteiger partial charge in [-0.3, -0.25) is 0 Å². The highest BCUT2D eigenvalue weighted by Gasteiger charge is 2.04.